The lowest BCUT2D eigenvalue weighted by Gasteiger charge is -2.38. The second-order valence-corrected chi connectivity index (χ2v) is 11.3. The zero-order chi connectivity index (χ0) is 28.1. The maximum Gasteiger partial charge on any atom is 0.424 e. The second-order valence-electron chi connectivity index (χ2n) is 11.3. The third kappa shape index (κ3) is 3.00. The van der Waals surface area contributed by atoms with Gasteiger partial charge in [0.1, 0.15) is 11.2 Å². The Bertz CT molecular complexity index is 2270. The number of anilines is 2. The Labute approximate surface area is 242 Å². The minimum atomic E-state index is -0.404. The number of amides is 1. The van der Waals surface area contributed by atoms with Crippen molar-refractivity contribution in [2.75, 3.05) is 4.90 Å². The lowest BCUT2D eigenvalue weighted by Crippen LogP contribution is -2.59. The van der Waals surface area contributed by atoms with Crippen LogP contribution in [-0.4, -0.2) is 12.8 Å². The monoisotopic (exact) mass is 541 g/mol. The van der Waals surface area contributed by atoms with Crippen LogP contribution in [-0.2, 0) is 0 Å². The summed E-state index contributed by atoms with van der Waals surface area (Å²) in [7, 11) is 0. The summed E-state index contributed by atoms with van der Waals surface area (Å²) in [5.41, 5.74) is 10.8. The summed E-state index contributed by atoms with van der Waals surface area (Å²) in [6.07, 6.45) is -0.404. The van der Waals surface area contributed by atoms with Gasteiger partial charge in [-0.15, -0.1) is 0 Å². The number of aryl methyl sites for hydroxylation is 2. The van der Waals surface area contributed by atoms with E-state index in [9.17, 15) is 4.79 Å². The Morgan fingerprint density at radius 1 is 0.714 bits per heavy atom. The third-order valence-electron chi connectivity index (χ3n) is 9.02. The van der Waals surface area contributed by atoms with Gasteiger partial charge >= 0.3 is 6.09 Å². The van der Waals surface area contributed by atoms with E-state index in [1.54, 1.807) is 4.90 Å². The molecular weight excluding hydrogens is 517 g/mol. The summed E-state index contributed by atoms with van der Waals surface area (Å²) in [4.78, 5) is 15.9. The van der Waals surface area contributed by atoms with Crippen LogP contribution >= 0.6 is 0 Å². The molecule has 2 aliphatic rings. The highest BCUT2D eigenvalue weighted by atomic mass is 16.6. The van der Waals surface area contributed by atoms with Crippen LogP contribution in [0.5, 0.6) is 5.75 Å². The van der Waals surface area contributed by atoms with E-state index in [2.05, 4.69) is 98.8 Å². The van der Waals surface area contributed by atoms with E-state index in [0.29, 0.717) is 5.75 Å². The number of para-hydroxylation sites is 1. The van der Waals surface area contributed by atoms with Crippen molar-refractivity contribution in [1.82, 2.24) is 0 Å². The molecule has 0 saturated carbocycles. The van der Waals surface area contributed by atoms with Crippen LogP contribution in [0.15, 0.2) is 114 Å². The van der Waals surface area contributed by atoms with Gasteiger partial charge in [0.05, 0.1) is 11.4 Å². The number of hydrogen-bond donors (Lipinski definition) is 0. The lowest BCUT2D eigenvalue weighted by molar-refractivity contribution is 0.210. The van der Waals surface area contributed by atoms with Gasteiger partial charge < -0.3 is 9.15 Å². The maximum absolute atomic E-state index is 14.2. The van der Waals surface area contributed by atoms with Crippen LogP contribution in [0, 0.1) is 13.8 Å². The Kier molecular flexibility index (Phi) is 4.67. The van der Waals surface area contributed by atoms with E-state index in [-0.39, 0.29) is 6.71 Å². The van der Waals surface area contributed by atoms with E-state index in [4.69, 9.17) is 9.15 Å². The van der Waals surface area contributed by atoms with Crippen molar-refractivity contribution in [3.05, 3.63) is 120 Å². The molecule has 42 heavy (non-hydrogen) atoms. The molecular formula is C37H24BNO3. The van der Waals surface area contributed by atoms with Crippen molar-refractivity contribution in [3.63, 3.8) is 0 Å². The molecule has 0 spiro atoms. The Hall–Kier alpha value is -5.29. The number of ether oxygens (including phenoxy) is 1. The molecule has 0 N–H and O–H groups in total. The highest BCUT2D eigenvalue weighted by Crippen LogP contribution is 2.49. The number of carbonyl (C=O) groups is 1. The predicted octanol–water partition coefficient (Wildman–Crippen LogP) is 7.50. The largest absolute Gasteiger partial charge is 0.457 e. The van der Waals surface area contributed by atoms with E-state index >= 15 is 0 Å². The SMILES string of the molecule is Cc1cccc(C)c1-c1ccc2ccc3c4c2c1OC(=O)N4c1ccc2c(oc4ccccc42)c1B3c1ccccc1. The average molecular weight is 541 g/mol. The number of hydrogen-bond acceptors (Lipinski definition) is 3. The molecule has 2 aliphatic heterocycles. The van der Waals surface area contributed by atoms with Gasteiger partial charge in [-0.2, -0.15) is 0 Å². The van der Waals surface area contributed by atoms with Crippen LogP contribution < -0.4 is 26.0 Å². The van der Waals surface area contributed by atoms with Gasteiger partial charge in [0.2, 0.25) is 0 Å². The van der Waals surface area contributed by atoms with E-state index in [1.807, 2.05) is 24.3 Å². The Morgan fingerprint density at radius 3 is 2.31 bits per heavy atom. The van der Waals surface area contributed by atoms with E-state index in [1.165, 1.54) is 0 Å². The first kappa shape index (κ1) is 23.4. The molecule has 0 aliphatic carbocycles. The first-order valence-corrected chi connectivity index (χ1v) is 14.3. The first-order valence-electron chi connectivity index (χ1n) is 14.3. The minimum Gasteiger partial charge on any atom is -0.457 e. The average Bonchev–Trinajstić information content (AvgIpc) is 3.39. The Morgan fingerprint density at radius 2 is 1.48 bits per heavy atom. The molecule has 7 aromatic rings. The maximum atomic E-state index is 14.2. The van der Waals surface area contributed by atoms with Crippen molar-refractivity contribution < 1.29 is 13.9 Å². The zero-order valence-corrected chi connectivity index (χ0v) is 23.1. The molecule has 0 radical (unpaired) electrons. The molecule has 4 nitrogen and oxygen atoms in total. The highest BCUT2D eigenvalue weighted by Gasteiger charge is 2.44. The van der Waals surface area contributed by atoms with Gasteiger partial charge in [0.25, 0.3) is 6.71 Å². The van der Waals surface area contributed by atoms with Crippen molar-refractivity contribution >= 4 is 73.3 Å². The number of fused-ring (bicyclic) bond motifs is 6. The van der Waals surface area contributed by atoms with Crippen LogP contribution in [0.3, 0.4) is 0 Å². The van der Waals surface area contributed by atoms with Gasteiger partial charge in [-0.1, -0.05) is 90.4 Å². The van der Waals surface area contributed by atoms with Gasteiger partial charge in [0.15, 0.2) is 5.75 Å². The number of carbonyl (C=O) groups excluding carboxylic acids is 1. The first-order chi connectivity index (χ1) is 20.6. The molecule has 1 amide bonds. The molecule has 5 heteroatoms. The summed E-state index contributed by atoms with van der Waals surface area (Å²) >= 11 is 0. The van der Waals surface area contributed by atoms with Crippen molar-refractivity contribution in [2.24, 2.45) is 0 Å². The zero-order valence-electron chi connectivity index (χ0n) is 23.1. The van der Waals surface area contributed by atoms with Crippen LogP contribution in [0.25, 0.3) is 43.8 Å². The fourth-order valence-electron chi connectivity index (χ4n) is 7.26. The molecule has 198 valence electrons. The molecule has 0 bridgehead atoms. The summed E-state index contributed by atoms with van der Waals surface area (Å²) in [5.74, 6) is 0.628. The van der Waals surface area contributed by atoms with E-state index in [0.717, 1.165) is 82.7 Å². The topological polar surface area (TPSA) is 42.7 Å². The molecule has 6 aromatic carbocycles. The van der Waals surface area contributed by atoms with Crippen molar-refractivity contribution in [2.45, 2.75) is 13.8 Å². The smallest absolute Gasteiger partial charge is 0.424 e. The minimum absolute atomic E-state index is 0.135. The molecule has 0 unspecified atom stereocenters. The van der Waals surface area contributed by atoms with Crippen LogP contribution in [0.2, 0.25) is 0 Å². The number of benzene rings is 6. The van der Waals surface area contributed by atoms with Gasteiger partial charge in [-0.05, 0) is 71.1 Å². The number of nitrogens with zero attached hydrogens (tertiary/aromatic N) is 1. The summed E-state index contributed by atoms with van der Waals surface area (Å²) in [5, 5.41) is 4.10. The van der Waals surface area contributed by atoms with Gasteiger partial charge in [-0.25, -0.2) is 9.69 Å². The number of furan rings is 1. The quantitative estimate of drug-likeness (QED) is 0.213. The van der Waals surface area contributed by atoms with Gasteiger partial charge in [-0.3, -0.25) is 0 Å². The summed E-state index contributed by atoms with van der Waals surface area (Å²) in [6, 6.07) is 37.6. The highest BCUT2D eigenvalue weighted by molar-refractivity contribution is 6.99. The lowest BCUT2D eigenvalue weighted by atomic mass is 9.35. The molecule has 3 heterocycles. The fourth-order valence-corrected chi connectivity index (χ4v) is 7.26. The van der Waals surface area contributed by atoms with E-state index < -0.39 is 6.09 Å². The third-order valence-corrected chi connectivity index (χ3v) is 9.02. The second kappa shape index (κ2) is 8.37. The Balaban J connectivity index is 1.42. The fraction of sp³-hybridized carbons (Fsp3) is 0.0541. The van der Waals surface area contributed by atoms with Crippen molar-refractivity contribution in [1.29, 1.82) is 0 Å². The van der Waals surface area contributed by atoms with Gasteiger partial charge in [0, 0.05) is 21.7 Å². The normalized spacial score (nSPS) is 13.6. The van der Waals surface area contributed by atoms with Crippen LogP contribution in [0.1, 0.15) is 11.1 Å². The summed E-state index contributed by atoms with van der Waals surface area (Å²) < 4.78 is 12.9. The number of rotatable bonds is 2. The standard InChI is InChI=1S/C37H24BNO3/c1-21-9-8-10-22(2)31(21)27-17-15-23-16-19-28-34-32(23)35(27)42-37(40)39(34)29-20-18-26-25-13-6-7-14-30(25)41-36(26)33(29)38(28)24-11-4-3-5-12-24/h3-20H,1-2H3. The van der Waals surface area contributed by atoms with Crippen molar-refractivity contribution in [3.8, 4) is 16.9 Å². The molecule has 9 rings (SSSR count). The molecule has 0 saturated heterocycles. The van der Waals surface area contributed by atoms with Crippen LogP contribution in [0.4, 0.5) is 16.2 Å². The summed E-state index contributed by atoms with van der Waals surface area (Å²) in [6.45, 7) is 4.08. The molecule has 1 aromatic heterocycles. The molecule has 0 fully saturated rings. The molecule has 0 atom stereocenters. The predicted molar refractivity (Wildman–Crippen MR) is 172 cm³/mol.